The van der Waals surface area contributed by atoms with Crippen LogP contribution < -0.4 is 0 Å². The number of hydrogen-bond donors (Lipinski definition) is 0. The summed E-state index contributed by atoms with van der Waals surface area (Å²) in [5, 5.41) is 9.31. The zero-order chi connectivity index (χ0) is 19.2. The number of carbonyl (C=O) groups excluding carboxylic acids is 1. The molecule has 2 nitrogen and oxygen atoms in total. The molecule has 0 radical (unpaired) electrons. The van der Waals surface area contributed by atoms with E-state index in [0.29, 0.717) is 24.3 Å². The van der Waals surface area contributed by atoms with Crippen LogP contribution in [0.3, 0.4) is 0 Å². The predicted molar refractivity (Wildman–Crippen MR) is 95.2 cm³/mol. The second-order valence-corrected chi connectivity index (χ2v) is 7.89. The number of rotatable bonds is 4. The van der Waals surface area contributed by atoms with Crippen LogP contribution in [0.2, 0.25) is 0 Å². The van der Waals surface area contributed by atoms with Crippen LogP contribution in [-0.4, -0.2) is 5.78 Å². The molecule has 27 heavy (non-hydrogen) atoms. The smallest absolute Gasteiger partial charge is 0.299 e. The summed E-state index contributed by atoms with van der Waals surface area (Å²) in [4.78, 5) is 12.8. The van der Waals surface area contributed by atoms with E-state index in [1.165, 1.54) is 6.07 Å². The Labute approximate surface area is 156 Å². The molecule has 1 aromatic carbocycles. The molecule has 2 saturated carbocycles. The standard InChI is InChI=1S/C22H20F3NO/c23-22(24,25)17-3-1-2-14(10-17)15-5-4-13(8-15)9-21(27)19-11-16-6-7-18(19)20(16)12-26/h1-3,5,8,10,16,18-20H,4,6-7,9,11H2. The third-order valence-corrected chi connectivity index (χ3v) is 6.34. The topological polar surface area (TPSA) is 40.9 Å². The highest BCUT2D eigenvalue weighted by Gasteiger charge is 2.50. The van der Waals surface area contributed by atoms with Gasteiger partial charge in [-0.05, 0) is 60.8 Å². The highest BCUT2D eigenvalue weighted by Crippen LogP contribution is 2.53. The Morgan fingerprint density at radius 3 is 2.78 bits per heavy atom. The zero-order valence-corrected chi connectivity index (χ0v) is 14.8. The van der Waals surface area contributed by atoms with Crippen molar-refractivity contribution in [2.75, 3.05) is 0 Å². The fraction of sp³-hybridized carbons (Fsp3) is 0.455. The van der Waals surface area contributed by atoms with Gasteiger partial charge in [-0.3, -0.25) is 4.79 Å². The van der Waals surface area contributed by atoms with E-state index in [1.807, 2.05) is 12.2 Å². The van der Waals surface area contributed by atoms with Crippen molar-refractivity contribution in [3.8, 4) is 6.07 Å². The molecule has 4 atom stereocenters. The summed E-state index contributed by atoms with van der Waals surface area (Å²) in [5.41, 5.74) is 1.55. The maximum absolute atomic E-state index is 12.9. The lowest BCUT2D eigenvalue weighted by molar-refractivity contribution is -0.137. The lowest BCUT2D eigenvalue weighted by atomic mass is 9.83. The van der Waals surface area contributed by atoms with Gasteiger partial charge in [0.25, 0.3) is 0 Å². The van der Waals surface area contributed by atoms with Crippen molar-refractivity contribution in [1.29, 1.82) is 5.26 Å². The Balaban J connectivity index is 1.44. The van der Waals surface area contributed by atoms with Gasteiger partial charge in [0.2, 0.25) is 0 Å². The molecular weight excluding hydrogens is 351 g/mol. The van der Waals surface area contributed by atoms with Crippen LogP contribution in [0.1, 0.15) is 43.2 Å². The molecule has 3 aliphatic carbocycles. The molecule has 140 valence electrons. The molecule has 0 saturated heterocycles. The van der Waals surface area contributed by atoms with E-state index < -0.39 is 11.7 Å². The van der Waals surface area contributed by atoms with Gasteiger partial charge in [0.1, 0.15) is 5.78 Å². The number of hydrogen-bond acceptors (Lipinski definition) is 2. The summed E-state index contributed by atoms with van der Waals surface area (Å²) in [6.45, 7) is 0. The summed E-state index contributed by atoms with van der Waals surface area (Å²) < 4.78 is 38.7. The maximum atomic E-state index is 12.9. The molecule has 2 bridgehead atoms. The molecule has 4 rings (SSSR count). The first-order chi connectivity index (χ1) is 12.9. The second kappa shape index (κ2) is 6.67. The van der Waals surface area contributed by atoms with E-state index in [4.69, 9.17) is 0 Å². The number of allylic oxidation sites excluding steroid dienone is 4. The minimum absolute atomic E-state index is 0.0214. The van der Waals surface area contributed by atoms with Gasteiger partial charge >= 0.3 is 6.18 Å². The maximum Gasteiger partial charge on any atom is 0.416 e. The zero-order valence-electron chi connectivity index (χ0n) is 14.8. The largest absolute Gasteiger partial charge is 0.416 e. The van der Waals surface area contributed by atoms with Crippen LogP contribution in [0.5, 0.6) is 0 Å². The van der Waals surface area contributed by atoms with Crippen molar-refractivity contribution in [3.05, 3.63) is 53.1 Å². The van der Waals surface area contributed by atoms with E-state index in [0.717, 1.165) is 42.5 Å². The summed E-state index contributed by atoms with van der Waals surface area (Å²) in [6, 6.07) is 7.67. The average Bonchev–Trinajstić information content (AvgIpc) is 3.35. The van der Waals surface area contributed by atoms with Crippen molar-refractivity contribution < 1.29 is 18.0 Å². The molecule has 0 aliphatic heterocycles. The predicted octanol–water partition coefficient (Wildman–Crippen LogP) is 5.56. The Kier molecular flexibility index (Phi) is 4.46. The number of ketones is 1. The first kappa shape index (κ1) is 18.0. The van der Waals surface area contributed by atoms with Gasteiger partial charge in [-0.2, -0.15) is 18.4 Å². The minimum Gasteiger partial charge on any atom is -0.299 e. The number of Topliss-reactive ketones (excluding diaryl/α,β-unsaturated/α-hetero) is 1. The minimum atomic E-state index is -4.36. The van der Waals surface area contributed by atoms with Crippen molar-refractivity contribution in [2.45, 2.75) is 38.3 Å². The van der Waals surface area contributed by atoms with Crippen LogP contribution in [-0.2, 0) is 11.0 Å². The van der Waals surface area contributed by atoms with E-state index in [9.17, 15) is 23.2 Å². The molecule has 1 aromatic rings. The van der Waals surface area contributed by atoms with E-state index in [-0.39, 0.29) is 23.5 Å². The number of nitrogens with zero attached hydrogens (tertiary/aromatic N) is 1. The van der Waals surface area contributed by atoms with Crippen LogP contribution in [0.15, 0.2) is 42.0 Å². The monoisotopic (exact) mass is 371 g/mol. The van der Waals surface area contributed by atoms with E-state index >= 15 is 0 Å². The van der Waals surface area contributed by atoms with Crippen LogP contribution in [0, 0.1) is 35.0 Å². The van der Waals surface area contributed by atoms with Crippen molar-refractivity contribution in [3.63, 3.8) is 0 Å². The first-order valence-electron chi connectivity index (χ1n) is 9.36. The summed E-state index contributed by atoms with van der Waals surface area (Å²) in [6.07, 6.45) is 3.15. The van der Waals surface area contributed by atoms with Gasteiger partial charge in [-0.1, -0.05) is 29.9 Å². The third-order valence-electron chi connectivity index (χ3n) is 6.34. The Morgan fingerprint density at radius 2 is 2.07 bits per heavy atom. The first-order valence-corrected chi connectivity index (χ1v) is 9.36. The summed E-state index contributed by atoms with van der Waals surface area (Å²) in [5.74, 6) is 0.755. The van der Waals surface area contributed by atoms with Gasteiger partial charge in [-0.25, -0.2) is 0 Å². The molecule has 0 amide bonds. The fourth-order valence-corrected chi connectivity index (χ4v) is 5.04. The number of alkyl halides is 3. The SMILES string of the molecule is N#CC1C2CCC1C(C(=O)CC1=CC(c3cccc(C(F)(F)F)c3)=CC1)C2. The Bertz CT molecular complexity index is 874. The molecule has 0 heterocycles. The third kappa shape index (κ3) is 3.34. The molecule has 4 unspecified atom stereocenters. The molecular formula is C22H20F3NO. The van der Waals surface area contributed by atoms with Crippen molar-refractivity contribution in [2.24, 2.45) is 23.7 Å². The van der Waals surface area contributed by atoms with Gasteiger partial charge in [0, 0.05) is 12.3 Å². The second-order valence-electron chi connectivity index (χ2n) is 7.89. The Morgan fingerprint density at radius 1 is 1.26 bits per heavy atom. The van der Waals surface area contributed by atoms with Gasteiger partial charge in [0.05, 0.1) is 17.6 Å². The van der Waals surface area contributed by atoms with Gasteiger partial charge < -0.3 is 0 Å². The highest BCUT2D eigenvalue weighted by molar-refractivity contribution is 5.87. The van der Waals surface area contributed by atoms with Crippen LogP contribution in [0.25, 0.3) is 5.57 Å². The van der Waals surface area contributed by atoms with Gasteiger partial charge in [0.15, 0.2) is 0 Å². The van der Waals surface area contributed by atoms with E-state index in [1.54, 1.807) is 6.07 Å². The van der Waals surface area contributed by atoms with Gasteiger partial charge in [-0.15, -0.1) is 0 Å². The molecule has 5 heteroatoms. The molecule has 0 aromatic heterocycles. The van der Waals surface area contributed by atoms with Crippen LogP contribution in [0.4, 0.5) is 13.2 Å². The molecule has 3 aliphatic rings. The Hall–Kier alpha value is -2.35. The average molecular weight is 371 g/mol. The number of benzene rings is 1. The number of fused-ring (bicyclic) bond motifs is 2. The number of halogens is 3. The van der Waals surface area contributed by atoms with Crippen LogP contribution >= 0.6 is 0 Å². The van der Waals surface area contributed by atoms with Crippen molar-refractivity contribution >= 4 is 11.4 Å². The van der Waals surface area contributed by atoms with E-state index in [2.05, 4.69) is 6.07 Å². The fourth-order valence-electron chi connectivity index (χ4n) is 5.04. The quantitative estimate of drug-likeness (QED) is 0.695. The van der Waals surface area contributed by atoms with Crippen molar-refractivity contribution in [1.82, 2.24) is 0 Å². The summed E-state index contributed by atoms with van der Waals surface area (Å²) in [7, 11) is 0. The highest BCUT2D eigenvalue weighted by atomic mass is 19.4. The number of carbonyl (C=O) groups is 1. The molecule has 2 fully saturated rings. The normalized spacial score (nSPS) is 29.4. The molecule has 0 N–H and O–H groups in total. The number of nitriles is 1. The lowest BCUT2D eigenvalue weighted by Gasteiger charge is -2.20. The molecule has 0 spiro atoms. The lowest BCUT2D eigenvalue weighted by Crippen LogP contribution is -2.22. The summed E-state index contributed by atoms with van der Waals surface area (Å²) >= 11 is 0.